The largest absolute Gasteiger partial charge is 0.334 e. The van der Waals surface area contributed by atoms with E-state index in [-0.39, 0.29) is 17.1 Å². The summed E-state index contributed by atoms with van der Waals surface area (Å²) >= 11 is 5.73. The molecule has 0 saturated heterocycles. The molecule has 0 heterocycles. The first-order chi connectivity index (χ1) is 11.0. The van der Waals surface area contributed by atoms with Gasteiger partial charge in [0.05, 0.1) is 11.2 Å². The Morgan fingerprint density at radius 1 is 1.22 bits per heavy atom. The zero-order valence-electron chi connectivity index (χ0n) is 13.2. The van der Waals surface area contributed by atoms with Crippen LogP contribution in [0, 0.1) is 23.6 Å². The number of quaternary nitrogens is 1. The zero-order valence-corrected chi connectivity index (χ0v) is 13.9. The van der Waals surface area contributed by atoms with Crippen molar-refractivity contribution in [2.75, 3.05) is 11.9 Å². The third kappa shape index (κ3) is 3.11. The van der Waals surface area contributed by atoms with E-state index >= 15 is 0 Å². The third-order valence-corrected chi connectivity index (χ3v) is 6.25. The van der Waals surface area contributed by atoms with Crippen molar-refractivity contribution in [1.29, 1.82) is 0 Å². The van der Waals surface area contributed by atoms with Gasteiger partial charge in [0.25, 0.3) is 5.91 Å². The normalized spacial score (nSPS) is 34.6. The van der Waals surface area contributed by atoms with Crippen molar-refractivity contribution in [1.82, 2.24) is 0 Å². The van der Waals surface area contributed by atoms with Gasteiger partial charge in [-0.25, -0.2) is 4.39 Å². The van der Waals surface area contributed by atoms with E-state index < -0.39 is 5.82 Å². The zero-order chi connectivity index (χ0) is 16.0. The first-order valence-electron chi connectivity index (χ1n) is 8.61. The predicted octanol–water partition coefficient (Wildman–Crippen LogP) is 2.95. The molecular weight excluding hydrogens is 315 g/mol. The van der Waals surface area contributed by atoms with E-state index in [9.17, 15) is 9.18 Å². The third-order valence-electron chi connectivity index (χ3n) is 6.01. The number of anilines is 1. The molecule has 0 spiro atoms. The molecule has 4 bridgehead atoms. The molecule has 1 aromatic rings. The maximum Gasteiger partial charge on any atom is 0.279 e. The van der Waals surface area contributed by atoms with Crippen LogP contribution in [-0.2, 0) is 4.79 Å². The van der Waals surface area contributed by atoms with Crippen LogP contribution in [0.15, 0.2) is 18.2 Å². The van der Waals surface area contributed by atoms with Gasteiger partial charge in [-0.2, -0.15) is 0 Å². The summed E-state index contributed by atoms with van der Waals surface area (Å²) in [6, 6.07) is 4.32. The molecule has 4 fully saturated rings. The average molecular weight is 338 g/mol. The highest BCUT2D eigenvalue weighted by atomic mass is 35.5. The van der Waals surface area contributed by atoms with E-state index in [2.05, 4.69) is 10.6 Å². The molecule has 0 unspecified atom stereocenters. The molecule has 1 aromatic carbocycles. The van der Waals surface area contributed by atoms with Crippen molar-refractivity contribution in [3.63, 3.8) is 0 Å². The molecule has 124 valence electrons. The van der Waals surface area contributed by atoms with Crippen LogP contribution in [0.1, 0.15) is 38.5 Å². The summed E-state index contributed by atoms with van der Waals surface area (Å²) in [6.07, 6.45) is 7.95. The Labute approximate surface area is 141 Å². The fourth-order valence-corrected chi connectivity index (χ4v) is 5.69. The lowest BCUT2D eigenvalue weighted by Gasteiger charge is -2.54. The minimum atomic E-state index is -0.486. The number of hydrogen-bond donors (Lipinski definition) is 2. The monoisotopic (exact) mass is 337 g/mol. The topological polar surface area (TPSA) is 45.7 Å². The quantitative estimate of drug-likeness (QED) is 0.871. The maximum absolute atomic E-state index is 13.8. The first kappa shape index (κ1) is 15.4. The Balaban J connectivity index is 1.36. The van der Waals surface area contributed by atoms with Crippen LogP contribution in [-0.4, -0.2) is 18.0 Å². The van der Waals surface area contributed by atoms with Crippen molar-refractivity contribution in [3.05, 3.63) is 29.0 Å². The molecule has 3 N–H and O–H groups in total. The Bertz CT molecular complexity index is 598. The van der Waals surface area contributed by atoms with Crippen LogP contribution in [0.3, 0.4) is 0 Å². The molecule has 4 saturated carbocycles. The molecule has 23 heavy (non-hydrogen) atoms. The highest BCUT2D eigenvalue weighted by molar-refractivity contribution is 6.30. The van der Waals surface area contributed by atoms with E-state index in [4.69, 9.17) is 11.6 Å². The molecule has 0 aromatic heterocycles. The molecule has 1 amide bonds. The van der Waals surface area contributed by atoms with Gasteiger partial charge in [-0.15, -0.1) is 0 Å². The molecule has 5 heteroatoms. The van der Waals surface area contributed by atoms with E-state index in [1.807, 2.05) is 0 Å². The SMILES string of the molecule is O=C(C[NH2+]C12CC3CC(CC(C3)C1)C2)Nc1ccc(Cl)cc1F. The summed E-state index contributed by atoms with van der Waals surface area (Å²) in [5, 5.41) is 5.24. The second kappa shape index (κ2) is 5.75. The van der Waals surface area contributed by atoms with Gasteiger partial charge in [0.2, 0.25) is 0 Å². The fourth-order valence-electron chi connectivity index (χ4n) is 5.53. The maximum atomic E-state index is 13.8. The second-order valence-corrected chi connectivity index (χ2v) is 8.30. The molecule has 0 atom stereocenters. The van der Waals surface area contributed by atoms with Crippen LogP contribution in [0.5, 0.6) is 0 Å². The summed E-state index contributed by atoms with van der Waals surface area (Å²) in [4.78, 5) is 12.2. The van der Waals surface area contributed by atoms with Crippen LogP contribution < -0.4 is 10.6 Å². The molecule has 3 nitrogen and oxygen atoms in total. The van der Waals surface area contributed by atoms with Gasteiger partial charge in [0.1, 0.15) is 5.82 Å². The van der Waals surface area contributed by atoms with Crippen molar-refractivity contribution < 1.29 is 14.5 Å². The number of hydrogen-bond acceptors (Lipinski definition) is 1. The highest BCUT2D eigenvalue weighted by Crippen LogP contribution is 2.54. The van der Waals surface area contributed by atoms with Gasteiger partial charge in [-0.1, -0.05) is 11.6 Å². The van der Waals surface area contributed by atoms with Gasteiger partial charge in [-0.05, 0) is 55.2 Å². The molecule has 0 aliphatic heterocycles. The predicted molar refractivity (Wildman–Crippen MR) is 87.7 cm³/mol. The molecular formula is C18H23ClFN2O+. The van der Waals surface area contributed by atoms with Crippen LogP contribution in [0.4, 0.5) is 10.1 Å². The standard InChI is InChI=1S/C18H22ClFN2O/c19-14-1-2-16(15(20)6-14)22-17(23)10-21-18-7-11-3-12(8-18)5-13(4-11)9-18/h1-2,6,11-13,21H,3-5,7-10H2,(H,22,23)/p+1. The van der Waals surface area contributed by atoms with Gasteiger partial charge < -0.3 is 10.6 Å². The smallest absolute Gasteiger partial charge is 0.279 e. The van der Waals surface area contributed by atoms with Crippen molar-refractivity contribution >= 4 is 23.2 Å². The fraction of sp³-hybridized carbons (Fsp3) is 0.611. The van der Waals surface area contributed by atoms with E-state index in [1.165, 1.54) is 50.7 Å². The van der Waals surface area contributed by atoms with E-state index in [0.717, 1.165) is 17.8 Å². The van der Waals surface area contributed by atoms with Crippen LogP contribution in [0.25, 0.3) is 0 Å². The Morgan fingerprint density at radius 2 is 1.83 bits per heavy atom. The second-order valence-electron chi connectivity index (χ2n) is 7.86. The summed E-state index contributed by atoms with van der Waals surface area (Å²) in [7, 11) is 0. The summed E-state index contributed by atoms with van der Waals surface area (Å²) in [5.41, 5.74) is 0.475. The Hall–Kier alpha value is -1.13. The molecule has 4 aliphatic carbocycles. The minimum absolute atomic E-state index is 0.137. The van der Waals surface area contributed by atoms with Gasteiger partial charge in [0, 0.05) is 24.3 Å². The van der Waals surface area contributed by atoms with Gasteiger partial charge in [-0.3, -0.25) is 4.79 Å². The lowest BCUT2D eigenvalue weighted by molar-refractivity contribution is -0.729. The number of benzene rings is 1. The van der Waals surface area contributed by atoms with E-state index in [1.54, 1.807) is 6.07 Å². The number of nitrogens with two attached hydrogens (primary N) is 1. The lowest BCUT2D eigenvalue weighted by Crippen LogP contribution is -3.00. The van der Waals surface area contributed by atoms with Crippen LogP contribution >= 0.6 is 11.6 Å². The van der Waals surface area contributed by atoms with Crippen molar-refractivity contribution in [2.45, 2.75) is 44.1 Å². The van der Waals surface area contributed by atoms with Crippen LogP contribution in [0.2, 0.25) is 5.02 Å². The van der Waals surface area contributed by atoms with Crippen molar-refractivity contribution in [2.24, 2.45) is 17.8 Å². The number of halogens is 2. The minimum Gasteiger partial charge on any atom is -0.334 e. The Kier molecular flexibility index (Phi) is 3.85. The summed E-state index contributed by atoms with van der Waals surface area (Å²) in [6.45, 7) is 0.369. The number of amides is 1. The van der Waals surface area contributed by atoms with Gasteiger partial charge >= 0.3 is 0 Å². The number of carbonyl (C=O) groups excluding carboxylic acids is 1. The average Bonchev–Trinajstić information content (AvgIpc) is 2.47. The van der Waals surface area contributed by atoms with Gasteiger partial charge in [0.15, 0.2) is 6.54 Å². The number of carbonyl (C=O) groups is 1. The lowest BCUT2D eigenvalue weighted by atomic mass is 9.53. The Morgan fingerprint density at radius 3 is 2.39 bits per heavy atom. The number of nitrogens with one attached hydrogen (secondary N) is 1. The first-order valence-corrected chi connectivity index (χ1v) is 8.98. The summed E-state index contributed by atoms with van der Waals surface area (Å²) < 4.78 is 13.8. The van der Waals surface area contributed by atoms with E-state index in [0.29, 0.717) is 11.6 Å². The highest BCUT2D eigenvalue weighted by Gasteiger charge is 2.53. The summed E-state index contributed by atoms with van der Waals surface area (Å²) in [5.74, 6) is 1.99. The molecule has 0 radical (unpaired) electrons. The molecule has 5 rings (SSSR count). The molecule has 4 aliphatic rings. The number of rotatable bonds is 4. The van der Waals surface area contributed by atoms with Crippen molar-refractivity contribution in [3.8, 4) is 0 Å².